The predicted molar refractivity (Wildman–Crippen MR) is 301 cm³/mol. The van der Waals surface area contributed by atoms with Gasteiger partial charge in [0.25, 0.3) is 0 Å². The van der Waals surface area contributed by atoms with Gasteiger partial charge in [0.15, 0.2) is 0 Å². The van der Waals surface area contributed by atoms with Gasteiger partial charge in [-0.25, -0.2) is 14.0 Å². The number of aliphatic hydroxyl groups excluding tert-OH is 2. The lowest BCUT2D eigenvalue weighted by Gasteiger charge is -2.59. The van der Waals surface area contributed by atoms with Gasteiger partial charge in [-0.05, 0) is 103 Å². The van der Waals surface area contributed by atoms with E-state index in [0.29, 0.717) is 66.3 Å². The summed E-state index contributed by atoms with van der Waals surface area (Å²) in [5.41, 5.74) is 4.17. The van der Waals surface area contributed by atoms with Crippen molar-refractivity contribution in [3.05, 3.63) is 138 Å². The first-order chi connectivity index (χ1) is 38.2. The molecule has 6 atom stereocenters. The highest BCUT2D eigenvalue weighted by Gasteiger charge is 2.66. The van der Waals surface area contributed by atoms with Crippen LogP contribution in [-0.4, -0.2) is 85.5 Å². The first-order valence-corrected chi connectivity index (χ1v) is 28.3. The molecule has 1 saturated carbocycles. The van der Waals surface area contributed by atoms with Crippen LogP contribution in [-0.2, 0) is 27.5 Å². The number of halogens is 1. The third-order valence-electron chi connectivity index (χ3n) is 15.3. The summed E-state index contributed by atoms with van der Waals surface area (Å²) in [4.78, 5) is 36.9. The van der Waals surface area contributed by atoms with Gasteiger partial charge in [-0.1, -0.05) is 137 Å². The SMILES string of the molecule is C=CCOC12Oc3ccc(OC(=O)Nc4ccc(OC)cc4OC)cc3C3C(CCCCO)C(CCCCO)C=C(C(=NOCc4ccccc4)CC1N(Cc1ccc(F)cc1)C(=O)OCCCCCCCCCCCC)C32. The van der Waals surface area contributed by atoms with E-state index in [0.717, 1.165) is 48.8 Å². The maximum atomic E-state index is 15.2. The number of methoxy groups -OCH3 is 2. The Morgan fingerprint density at radius 2 is 1.53 bits per heavy atom. The Balaban J connectivity index is 1.33. The van der Waals surface area contributed by atoms with Gasteiger partial charge in [-0.3, -0.25) is 10.2 Å². The molecule has 0 aromatic heterocycles. The summed E-state index contributed by atoms with van der Waals surface area (Å²) in [6.07, 6.45) is 18.1. The van der Waals surface area contributed by atoms with E-state index in [1.54, 1.807) is 60.6 Å². The van der Waals surface area contributed by atoms with Gasteiger partial charge in [-0.2, -0.15) is 0 Å². The van der Waals surface area contributed by atoms with Crippen molar-refractivity contribution in [1.29, 1.82) is 0 Å². The number of fused-ring (bicyclic) bond motifs is 2. The molecule has 0 bridgehead atoms. The summed E-state index contributed by atoms with van der Waals surface area (Å²) in [6.45, 7) is 6.82. The molecule has 78 heavy (non-hydrogen) atoms. The Morgan fingerprint density at radius 1 is 0.821 bits per heavy atom. The van der Waals surface area contributed by atoms with Crippen LogP contribution in [0.5, 0.6) is 23.0 Å². The molecule has 0 radical (unpaired) electrons. The molecular weight excluding hydrogens is 994 g/mol. The van der Waals surface area contributed by atoms with E-state index in [2.05, 4.69) is 24.9 Å². The monoisotopic (exact) mass is 1080 g/mol. The molecule has 4 aromatic carbocycles. The molecule has 1 heterocycles. The van der Waals surface area contributed by atoms with Crippen molar-refractivity contribution in [3.8, 4) is 23.0 Å². The lowest BCUT2D eigenvalue weighted by atomic mass is 9.55. The maximum Gasteiger partial charge on any atom is 0.417 e. The number of rotatable bonds is 32. The summed E-state index contributed by atoms with van der Waals surface area (Å²) < 4.78 is 52.4. The van der Waals surface area contributed by atoms with Crippen LogP contribution in [0.4, 0.5) is 19.7 Å². The Morgan fingerprint density at radius 3 is 2.22 bits per heavy atom. The van der Waals surface area contributed by atoms with Gasteiger partial charge >= 0.3 is 12.2 Å². The Labute approximate surface area is 460 Å². The molecule has 15 heteroatoms. The third kappa shape index (κ3) is 15.7. The number of carbonyl (C=O) groups excluding carboxylic acids is 2. The van der Waals surface area contributed by atoms with E-state index in [1.807, 2.05) is 36.4 Å². The number of oxime groups is 1. The molecule has 422 valence electrons. The highest BCUT2D eigenvalue weighted by Crippen LogP contribution is 2.62. The van der Waals surface area contributed by atoms with Crippen molar-refractivity contribution in [2.24, 2.45) is 22.9 Å². The van der Waals surface area contributed by atoms with Gasteiger partial charge in [-0.15, -0.1) is 6.58 Å². The quantitative estimate of drug-likeness (QED) is 0.0242. The van der Waals surface area contributed by atoms with Crippen LogP contribution in [0.2, 0.25) is 0 Å². The molecule has 4 aromatic rings. The molecule has 0 saturated heterocycles. The first kappa shape index (κ1) is 59.2. The molecular formula is C63H82FN3O11. The van der Waals surface area contributed by atoms with Crippen molar-refractivity contribution in [3.63, 3.8) is 0 Å². The van der Waals surface area contributed by atoms with E-state index in [1.165, 1.54) is 57.8 Å². The zero-order valence-electron chi connectivity index (χ0n) is 46.0. The van der Waals surface area contributed by atoms with Crippen molar-refractivity contribution < 1.29 is 57.5 Å². The molecule has 7 rings (SSSR count). The number of allylic oxidation sites excluding steroid dienone is 1. The fourth-order valence-electron chi connectivity index (χ4n) is 11.5. The second-order valence-electron chi connectivity index (χ2n) is 20.7. The predicted octanol–water partition coefficient (Wildman–Crippen LogP) is 13.8. The number of carbonyl (C=O) groups is 2. The number of nitrogens with one attached hydrogen (secondary N) is 1. The van der Waals surface area contributed by atoms with E-state index in [4.69, 9.17) is 38.4 Å². The van der Waals surface area contributed by atoms with Crippen LogP contribution in [0.1, 0.15) is 139 Å². The van der Waals surface area contributed by atoms with Crippen molar-refractivity contribution in [2.75, 3.05) is 46.0 Å². The molecule has 3 N–H and O–H groups in total. The average molecular weight is 1080 g/mol. The summed E-state index contributed by atoms with van der Waals surface area (Å²) in [6, 6.07) is 25.3. The van der Waals surface area contributed by atoms with Gasteiger partial charge in [0.1, 0.15) is 41.5 Å². The van der Waals surface area contributed by atoms with Crippen LogP contribution < -0.4 is 24.3 Å². The highest BCUT2D eigenvalue weighted by atomic mass is 19.1. The number of hydrogen-bond acceptors (Lipinski definition) is 12. The molecule has 14 nitrogen and oxygen atoms in total. The fourth-order valence-corrected chi connectivity index (χ4v) is 11.5. The van der Waals surface area contributed by atoms with Crippen LogP contribution in [0.15, 0.2) is 120 Å². The van der Waals surface area contributed by atoms with Crippen molar-refractivity contribution in [1.82, 2.24) is 4.90 Å². The first-order valence-electron chi connectivity index (χ1n) is 28.3. The van der Waals surface area contributed by atoms with Crippen LogP contribution in [0.25, 0.3) is 0 Å². The number of amides is 2. The number of ether oxygens (including phenoxy) is 6. The zero-order chi connectivity index (χ0) is 55.1. The van der Waals surface area contributed by atoms with Crippen LogP contribution >= 0.6 is 0 Å². The summed E-state index contributed by atoms with van der Waals surface area (Å²) in [5.74, 6) is -1.59. The Bertz CT molecular complexity index is 2580. The minimum atomic E-state index is -1.61. The minimum absolute atomic E-state index is 0.0203. The molecule has 6 unspecified atom stereocenters. The lowest BCUT2D eigenvalue weighted by molar-refractivity contribution is -0.256. The Kier molecular flexibility index (Phi) is 23.3. The number of benzene rings is 4. The Hall–Kier alpha value is -6.42. The maximum absolute atomic E-state index is 15.2. The van der Waals surface area contributed by atoms with E-state index >= 15 is 4.79 Å². The highest BCUT2D eigenvalue weighted by molar-refractivity contribution is 6.03. The smallest absolute Gasteiger partial charge is 0.417 e. The fraction of sp³-hybridized carbons (Fsp3) is 0.508. The topological polar surface area (TPSA) is 167 Å². The molecule has 1 fully saturated rings. The lowest BCUT2D eigenvalue weighted by Crippen LogP contribution is -2.70. The number of unbranched alkanes of at least 4 members (excludes halogenated alkanes) is 11. The molecule has 1 aliphatic heterocycles. The molecule has 2 aliphatic carbocycles. The number of anilines is 1. The van der Waals surface area contributed by atoms with Crippen molar-refractivity contribution in [2.45, 2.75) is 147 Å². The summed E-state index contributed by atoms with van der Waals surface area (Å²) >= 11 is 0. The van der Waals surface area contributed by atoms with Gasteiger partial charge in [0.2, 0.25) is 5.79 Å². The summed E-state index contributed by atoms with van der Waals surface area (Å²) in [5, 5.41) is 28.0. The zero-order valence-corrected chi connectivity index (χ0v) is 46.0. The van der Waals surface area contributed by atoms with Gasteiger partial charge in [0, 0.05) is 43.7 Å². The van der Waals surface area contributed by atoms with Gasteiger partial charge < -0.3 is 43.5 Å². The second-order valence-corrected chi connectivity index (χ2v) is 20.7. The van der Waals surface area contributed by atoms with Gasteiger partial charge in [0.05, 0.1) is 44.8 Å². The van der Waals surface area contributed by atoms with E-state index < -0.39 is 41.7 Å². The number of nitrogens with zero attached hydrogens (tertiary/aromatic N) is 2. The largest absolute Gasteiger partial charge is 0.497 e. The summed E-state index contributed by atoms with van der Waals surface area (Å²) in [7, 11) is 3.05. The standard InChI is InChI=1S/C63H82FN3O11/c1-5-7-8-9-10-11-12-13-14-22-38-74-62(71)67(43-45-27-29-48(64)30-28-45)58-42-55(66-76-44-46-23-16-15-17-24-46)52-39-47(25-18-20-35-68)51(26-19-21-36-69)59-53-40-50(32-34-56(53)78-63(58,60(52)59)75-37-6-2)77-61(70)65-54-33-31-49(72-3)41-57(54)73-4/h6,15-17,23-24,27-34,39-41,47,51,58-60,68-69H,2,5,7-14,18-22,25-26,35-38,42-44H2,1,3-4H3,(H,65,70). The molecule has 3 aliphatic rings. The third-order valence-corrected chi connectivity index (χ3v) is 15.3. The van der Waals surface area contributed by atoms with Crippen molar-refractivity contribution >= 4 is 23.6 Å². The van der Waals surface area contributed by atoms with E-state index in [-0.39, 0.29) is 63.6 Å². The average Bonchev–Trinajstić information content (AvgIpc) is 3.65. The number of hydrogen-bond donors (Lipinski definition) is 3. The molecule has 0 spiro atoms. The van der Waals surface area contributed by atoms with Crippen LogP contribution in [0, 0.1) is 23.6 Å². The number of aliphatic hydroxyl groups is 2. The normalized spacial score (nSPS) is 20.6. The minimum Gasteiger partial charge on any atom is -0.497 e. The van der Waals surface area contributed by atoms with Crippen LogP contribution in [0.3, 0.4) is 0 Å². The van der Waals surface area contributed by atoms with E-state index in [9.17, 15) is 19.4 Å². The molecule has 2 amide bonds. The second kappa shape index (κ2) is 30.7.